The number of carbonyl (C=O) groups is 3. The Balaban J connectivity index is 1.42. The minimum absolute atomic E-state index is 0.116. The quantitative estimate of drug-likeness (QED) is 0.635. The summed E-state index contributed by atoms with van der Waals surface area (Å²) in [4.78, 5) is 43.5. The molecule has 1 aromatic heterocycles. The molecule has 30 heavy (non-hydrogen) atoms. The number of nitrogens with zero attached hydrogens (tertiary/aromatic N) is 2. The number of aromatic nitrogens is 1. The average Bonchev–Trinajstić information content (AvgIpc) is 3.01. The Morgan fingerprint density at radius 3 is 2.63 bits per heavy atom. The molecular weight excluding hydrogens is 398 g/mol. The maximum atomic E-state index is 12.7. The molecule has 6 nitrogen and oxygen atoms in total. The van der Waals surface area contributed by atoms with Crippen molar-refractivity contribution in [2.24, 2.45) is 0 Å². The van der Waals surface area contributed by atoms with E-state index in [1.165, 1.54) is 0 Å². The predicted molar refractivity (Wildman–Crippen MR) is 118 cm³/mol. The summed E-state index contributed by atoms with van der Waals surface area (Å²) < 4.78 is 0. The van der Waals surface area contributed by atoms with Gasteiger partial charge in [0.05, 0.1) is 16.0 Å². The van der Waals surface area contributed by atoms with Crippen molar-refractivity contribution in [1.29, 1.82) is 0 Å². The number of thioether (sulfide) groups is 1. The van der Waals surface area contributed by atoms with Gasteiger partial charge >= 0.3 is 0 Å². The van der Waals surface area contributed by atoms with E-state index in [-0.39, 0.29) is 30.1 Å². The van der Waals surface area contributed by atoms with Gasteiger partial charge in [-0.1, -0.05) is 48.5 Å². The van der Waals surface area contributed by atoms with Crippen LogP contribution in [-0.4, -0.2) is 40.0 Å². The maximum Gasteiger partial charge on any atom is 0.293 e. The standard InChI is InChI=1S/C23H19N3O3S/c1-15-13-18(17-9-5-6-10-19(17)25-15)21(27)24-11-12-26-22(28)20(30-23(26)29)14-16-7-3-2-4-8-16/h2-10,13-14H,11-12H2,1H3,(H,24,27)/b20-14-. The molecule has 7 heteroatoms. The molecular formula is C23H19N3O3S. The highest BCUT2D eigenvalue weighted by Crippen LogP contribution is 2.31. The Labute approximate surface area is 178 Å². The van der Waals surface area contributed by atoms with Crippen molar-refractivity contribution < 1.29 is 14.4 Å². The van der Waals surface area contributed by atoms with Gasteiger partial charge in [-0.25, -0.2) is 0 Å². The van der Waals surface area contributed by atoms with Crippen LogP contribution >= 0.6 is 11.8 Å². The summed E-state index contributed by atoms with van der Waals surface area (Å²) in [7, 11) is 0. The number of rotatable bonds is 5. The van der Waals surface area contributed by atoms with E-state index in [0.29, 0.717) is 10.5 Å². The molecule has 0 aliphatic carbocycles. The van der Waals surface area contributed by atoms with Crippen molar-refractivity contribution in [2.45, 2.75) is 6.92 Å². The van der Waals surface area contributed by atoms with Crippen molar-refractivity contribution in [1.82, 2.24) is 15.2 Å². The molecule has 1 fully saturated rings. The van der Waals surface area contributed by atoms with E-state index in [9.17, 15) is 14.4 Å². The van der Waals surface area contributed by atoms with Gasteiger partial charge in [-0.3, -0.25) is 24.3 Å². The SMILES string of the molecule is Cc1cc(C(=O)NCCN2C(=O)S/C(=C\c3ccccc3)C2=O)c2ccccc2n1. The van der Waals surface area contributed by atoms with E-state index in [1.54, 1.807) is 12.1 Å². The molecule has 1 N–H and O–H groups in total. The highest BCUT2D eigenvalue weighted by Gasteiger charge is 2.34. The van der Waals surface area contributed by atoms with Crippen molar-refractivity contribution in [3.8, 4) is 0 Å². The number of hydrogen-bond donors (Lipinski definition) is 1. The topological polar surface area (TPSA) is 79.4 Å². The number of carbonyl (C=O) groups excluding carboxylic acids is 3. The number of para-hydroxylation sites is 1. The molecule has 1 aliphatic rings. The maximum absolute atomic E-state index is 12.7. The lowest BCUT2D eigenvalue weighted by atomic mass is 10.1. The predicted octanol–water partition coefficient (Wildman–Crippen LogP) is 4.01. The molecule has 2 heterocycles. The van der Waals surface area contributed by atoms with Gasteiger partial charge in [0.15, 0.2) is 0 Å². The number of amides is 3. The summed E-state index contributed by atoms with van der Waals surface area (Å²) in [6.07, 6.45) is 1.70. The van der Waals surface area contributed by atoms with Crippen LogP contribution in [-0.2, 0) is 4.79 Å². The molecule has 1 saturated heterocycles. The number of imide groups is 1. The van der Waals surface area contributed by atoms with Gasteiger partial charge in [0, 0.05) is 24.2 Å². The molecule has 0 spiro atoms. The van der Waals surface area contributed by atoms with Gasteiger partial charge in [-0.2, -0.15) is 0 Å². The lowest BCUT2D eigenvalue weighted by molar-refractivity contribution is -0.122. The van der Waals surface area contributed by atoms with Crippen LogP contribution in [0, 0.1) is 6.92 Å². The summed E-state index contributed by atoms with van der Waals surface area (Å²) >= 11 is 0.913. The molecule has 150 valence electrons. The summed E-state index contributed by atoms with van der Waals surface area (Å²) in [5.74, 6) is -0.600. The monoisotopic (exact) mass is 417 g/mol. The zero-order chi connectivity index (χ0) is 21.1. The molecule has 0 bridgehead atoms. The van der Waals surface area contributed by atoms with Gasteiger partial charge in [-0.05, 0) is 42.5 Å². The first-order valence-corrected chi connectivity index (χ1v) is 10.3. The second kappa shape index (κ2) is 8.51. The van der Waals surface area contributed by atoms with E-state index in [2.05, 4.69) is 10.3 Å². The Hall–Kier alpha value is -3.45. The van der Waals surface area contributed by atoms with Gasteiger partial charge in [0.1, 0.15) is 0 Å². The second-order valence-corrected chi connectivity index (χ2v) is 7.82. The van der Waals surface area contributed by atoms with Crippen molar-refractivity contribution in [3.63, 3.8) is 0 Å². The van der Waals surface area contributed by atoms with Crippen LogP contribution in [0.1, 0.15) is 21.6 Å². The van der Waals surface area contributed by atoms with Crippen LogP contribution in [0.25, 0.3) is 17.0 Å². The number of benzene rings is 2. The summed E-state index contributed by atoms with van der Waals surface area (Å²) in [5.41, 5.74) is 2.88. The van der Waals surface area contributed by atoms with E-state index < -0.39 is 0 Å². The van der Waals surface area contributed by atoms with Gasteiger partial charge in [-0.15, -0.1) is 0 Å². The number of pyridine rings is 1. The molecule has 0 unspecified atom stereocenters. The first-order valence-electron chi connectivity index (χ1n) is 9.48. The van der Waals surface area contributed by atoms with E-state index in [4.69, 9.17) is 0 Å². The van der Waals surface area contributed by atoms with Crippen molar-refractivity contribution in [2.75, 3.05) is 13.1 Å². The molecule has 0 atom stereocenters. The molecule has 0 saturated carbocycles. The fourth-order valence-electron chi connectivity index (χ4n) is 3.27. The van der Waals surface area contributed by atoms with E-state index in [1.807, 2.05) is 61.5 Å². The molecule has 1 aliphatic heterocycles. The highest BCUT2D eigenvalue weighted by molar-refractivity contribution is 8.18. The van der Waals surface area contributed by atoms with Crippen LogP contribution in [0.3, 0.4) is 0 Å². The molecule has 3 aromatic rings. The number of fused-ring (bicyclic) bond motifs is 1. The summed E-state index contributed by atoms with van der Waals surface area (Å²) in [5, 5.41) is 3.24. The third kappa shape index (κ3) is 4.11. The Morgan fingerprint density at radius 1 is 1.10 bits per heavy atom. The van der Waals surface area contributed by atoms with Crippen LogP contribution in [0.4, 0.5) is 4.79 Å². The zero-order valence-corrected chi connectivity index (χ0v) is 17.1. The van der Waals surface area contributed by atoms with E-state index >= 15 is 0 Å². The van der Waals surface area contributed by atoms with Gasteiger partial charge in [0.2, 0.25) is 0 Å². The Morgan fingerprint density at radius 2 is 1.83 bits per heavy atom. The molecule has 3 amide bonds. The van der Waals surface area contributed by atoms with Crippen LogP contribution in [0.5, 0.6) is 0 Å². The minimum atomic E-state index is -0.340. The first-order chi connectivity index (χ1) is 14.5. The van der Waals surface area contributed by atoms with Crippen LogP contribution < -0.4 is 5.32 Å². The zero-order valence-electron chi connectivity index (χ0n) is 16.3. The molecule has 4 rings (SSSR count). The summed E-state index contributed by atoms with van der Waals surface area (Å²) in [6, 6.07) is 18.5. The number of aryl methyl sites for hydroxylation is 1. The van der Waals surface area contributed by atoms with E-state index in [0.717, 1.165) is 38.8 Å². The average molecular weight is 417 g/mol. The van der Waals surface area contributed by atoms with Crippen molar-refractivity contribution >= 4 is 45.8 Å². The Kier molecular flexibility index (Phi) is 5.63. The number of nitrogens with one attached hydrogen (secondary N) is 1. The largest absolute Gasteiger partial charge is 0.350 e. The highest BCUT2D eigenvalue weighted by atomic mass is 32.2. The number of hydrogen-bond acceptors (Lipinski definition) is 5. The second-order valence-electron chi connectivity index (χ2n) is 6.83. The lowest BCUT2D eigenvalue weighted by Crippen LogP contribution is -2.37. The minimum Gasteiger partial charge on any atom is -0.350 e. The van der Waals surface area contributed by atoms with Crippen LogP contribution in [0.2, 0.25) is 0 Å². The summed E-state index contributed by atoms with van der Waals surface area (Å²) in [6.45, 7) is 2.12. The smallest absolute Gasteiger partial charge is 0.293 e. The fraction of sp³-hybridized carbons (Fsp3) is 0.130. The van der Waals surface area contributed by atoms with Gasteiger partial charge in [0.25, 0.3) is 17.1 Å². The molecule has 0 radical (unpaired) electrons. The third-order valence-electron chi connectivity index (χ3n) is 4.68. The van der Waals surface area contributed by atoms with Gasteiger partial charge < -0.3 is 5.32 Å². The lowest BCUT2D eigenvalue weighted by Gasteiger charge is -2.14. The first kappa shape index (κ1) is 19.8. The van der Waals surface area contributed by atoms with Crippen LogP contribution in [0.15, 0.2) is 65.6 Å². The Bertz CT molecular complexity index is 1170. The fourth-order valence-corrected chi connectivity index (χ4v) is 4.13. The molecule has 2 aromatic carbocycles. The van der Waals surface area contributed by atoms with Crippen molar-refractivity contribution in [3.05, 3.63) is 82.4 Å². The third-order valence-corrected chi connectivity index (χ3v) is 5.59. The normalized spacial score (nSPS) is 15.2.